The standard InChI is InChI=1S/C21H17ClF2N2O3S/c22-14-9-11-15(12-10-14)30(28,29)21(18-16(23)7-4-8-17(18)24)26-19(20(25)27)13-5-2-1-3-6-13/h1-12,19,21,26H,(H2,25,27)/t19-,21?/m1/s1. The SMILES string of the molecule is NC(=O)[C@H](NC(c1c(F)cccc1F)S(=O)(=O)c1ccc(Cl)cc1)c1ccccc1. The highest BCUT2D eigenvalue weighted by atomic mass is 35.5. The topological polar surface area (TPSA) is 89.3 Å². The fourth-order valence-electron chi connectivity index (χ4n) is 2.99. The molecule has 2 atom stereocenters. The minimum absolute atomic E-state index is 0.233. The Kier molecular flexibility index (Phi) is 6.50. The summed E-state index contributed by atoms with van der Waals surface area (Å²) in [5.74, 6) is -3.07. The number of hydrogen-bond donors (Lipinski definition) is 2. The molecule has 3 N–H and O–H groups in total. The zero-order valence-electron chi connectivity index (χ0n) is 15.4. The molecule has 0 saturated carbocycles. The molecule has 9 heteroatoms. The Bertz CT molecular complexity index is 1140. The molecule has 1 amide bonds. The van der Waals surface area contributed by atoms with Crippen molar-refractivity contribution in [3.63, 3.8) is 0 Å². The first-order valence-corrected chi connectivity index (χ1v) is 10.7. The number of carbonyl (C=O) groups excluding carboxylic acids is 1. The second-order valence-corrected chi connectivity index (χ2v) is 8.90. The van der Waals surface area contributed by atoms with Crippen LogP contribution in [-0.2, 0) is 14.6 Å². The Morgan fingerprint density at radius 2 is 1.47 bits per heavy atom. The van der Waals surface area contributed by atoms with Crippen LogP contribution < -0.4 is 11.1 Å². The van der Waals surface area contributed by atoms with Gasteiger partial charge in [-0.2, -0.15) is 0 Å². The number of benzene rings is 3. The molecular weight excluding hydrogens is 434 g/mol. The van der Waals surface area contributed by atoms with E-state index < -0.39 is 44.4 Å². The lowest BCUT2D eigenvalue weighted by molar-refractivity contribution is -0.120. The van der Waals surface area contributed by atoms with E-state index in [1.54, 1.807) is 30.3 Å². The number of rotatable bonds is 7. The summed E-state index contributed by atoms with van der Waals surface area (Å²) in [6, 6.07) is 14.8. The molecule has 0 radical (unpaired) electrons. The third-order valence-electron chi connectivity index (χ3n) is 4.45. The van der Waals surface area contributed by atoms with Gasteiger partial charge in [0.2, 0.25) is 5.91 Å². The van der Waals surface area contributed by atoms with Crippen molar-refractivity contribution in [3.8, 4) is 0 Å². The molecule has 0 aromatic heterocycles. The quantitative estimate of drug-likeness (QED) is 0.571. The van der Waals surface area contributed by atoms with Crippen molar-refractivity contribution >= 4 is 27.3 Å². The van der Waals surface area contributed by atoms with E-state index >= 15 is 0 Å². The van der Waals surface area contributed by atoms with Crippen molar-refractivity contribution in [2.75, 3.05) is 0 Å². The number of halogens is 3. The molecule has 5 nitrogen and oxygen atoms in total. The first kappa shape index (κ1) is 21.9. The van der Waals surface area contributed by atoms with Gasteiger partial charge < -0.3 is 5.73 Å². The van der Waals surface area contributed by atoms with Gasteiger partial charge in [-0.25, -0.2) is 17.2 Å². The molecule has 0 heterocycles. The third kappa shape index (κ3) is 4.51. The first-order valence-electron chi connectivity index (χ1n) is 8.75. The molecule has 1 unspecified atom stereocenters. The minimum atomic E-state index is -4.41. The number of amides is 1. The van der Waals surface area contributed by atoms with E-state index in [0.717, 1.165) is 18.2 Å². The van der Waals surface area contributed by atoms with Crippen LogP contribution in [0.25, 0.3) is 0 Å². The Balaban J connectivity index is 2.17. The van der Waals surface area contributed by atoms with Crippen molar-refractivity contribution in [3.05, 3.63) is 101 Å². The van der Waals surface area contributed by atoms with Crippen LogP contribution in [0.15, 0.2) is 77.7 Å². The van der Waals surface area contributed by atoms with Gasteiger partial charge in [-0.3, -0.25) is 10.1 Å². The second-order valence-electron chi connectivity index (χ2n) is 6.43. The van der Waals surface area contributed by atoms with Gasteiger partial charge in [0.15, 0.2) is 9.84 Å². The minimum Gasteiger partial charge on any atom is -0.368 e. The average Bonchev–Trinajstić information content (AvgIpc) is 2.70. The van der Waals surface area contributed by atoms with Crippen molar-refractivity contribution in [2.24, 2.45) is 5.73 Å². The van der Waals surface area contributed by atoms with Crippen LogP contribution in [0.2, 0.25) is 5.02 Å². The zero-order chi connectivity index (χ0) is 21.9. The van der Waals surface area contributed by atoms with Crippen LogP contribution in [0, 0.1) is 11.6 Å². The maximum absolute atomic E-state index is 14.6. The molecule has 0 aliphatic heterocycles. The number of primary amides is 1. The first-order chi connectivity index (χ1) is 14.2. The lowest BCUT2D eigenvalue weighted by atomic mass is 10.1. The van der Waals surface area contributed by atoms with Gasteiger partial charge >= 0.3 is 0 Å². The molecule has 0 spiro atoms. The molecule has 3 aromatic rings. The van der Waals surface area contributed by atoms with Crippen LogP contribution >= 0.6 is 11.6 Å². The van der Waals surface area contributed by atoms with E-state index in [9.17, 15) is 22.0 Å². The summed E-state index contributed by atoms with van der Waals surface area (Å²) in [5, 5.41) is 0.900. The lowest BCUT2D eigenvalue weighted by Gasteiger charge is -2.25. The van der Waals surface area contributed by atoms with Crippen LogP contribution in [0.4, 0.5) is 8.78 Å². The molecular formula is C21H17ClF2N2O3S. The van der Waals surface area contributed by atoms with E-state index in [0.29, 0.717) is 5.56 Å². The molecule has 0 aliphatic rings. The van der Waals surface area contributed by atoms with Crippen molar-refractivity contribution in [1.29, 1.82) is 0 Å². The summed E-state index contributed by atoms with van der Waals surface area (Å²) in [4.78, 5) is 11.9. The zero-order valence-corrected chi connectivity index (χ0v) is 17.0. The van der Waals surface area contributed by atoms with Gasteiger partial charge in [0.25, 0.3) is 0 Å². The number of hydrogen-bond acceptors (Lipinski definition) is 4. The van der Waals surface area contributed by atoms with Gasteiger partial charge in [-0.15, -0.1) is 0 Å². The van der Waals surface area contributed by atoms with Crippen molar-refractivity contribution in [1.82, 2.24) is 5.32 Å². The van der Waals surface area contributed by atoms with Gasteiger partial charge in [-0.05, 0) is 42.0 Å². The van der Waals surface area contributed by atoms with E-state index in [-0.39, 0.29) is 9.92 Å². The van der Waals surface area contributed by atoms with Gasteiger partial charge in [0.05, 0.1) is 10.5 Å². The Morgan fingerprint density at radius 3 is 2.00 bits per heavy atom. The number of sulfone groups is 1. The summed E-state index contributed by atoms with van der Waals surface area (Å²) < 4.78 is 55.9. The van der Waals surface area contributed by atoms with Crippen LogP contribution in [0.5, 0.6) is 0 Å². The molecule has 0 aliphatic carbocycles. The molecule has 156 valence electrons. The van der Waals surface area contributed by atoms with E-state index in [2.05, 4.69) is 5.32 Å². The lowest BCUT2D eigenvalue weighted by Crippen LogP contribution is -2.39. The highest BCUT2D eigenvalue weighted by molar-refractivity contribution is 7.91. The van der Waals surface area contributed by atoms with Crippen LogP contribution in [0.3, 0.4) is 0 Å². The molecule has 0 fully saturated rings. The maximum atomic E-state index is 14.6. The highest BCUT2D eigenvalue weighted by Crippen LogP contribution is 2.33. The summed E-state index contributed by atoms with van der Waals surface area (Å²) in [7, 11) is -4.41. The predicted molar refractivity (Wildman–Crippen MR) is 109 cm³/mol. The number of nitrogens with one attached hydrogen (secondary N) is 1. The fraction of sp³-hybridized carbons (Fsp3) is 0.0952. The van der Waals surface area contributed by atoms with E-state index in [1.807, 2.05) is 0 Å². The number of carbonyl (C=O) groups is 1. The normalized spacial score (nSPS) is 13.6. The average molecular weight is 451 g/mol. The fourth-order valence-corrected chi connectivity index (χ4v) is 4.75. The highest BCUT2D eigenvalue weighted by Gasteiger charge is 2.36. The summed E-state index contributed by atoms with van der Waals surface area (Å²) in [6.07, 6.45) is 0. The Hall–Kier alpha value is -2.81. The third-order valence-corrected chi connectivity index (χ3v) is 6.62. The molecule has 30 heavy (non-hydrogen) atoms. The largest absolute Gasteiger partial charge is 0.368 e. The van der Waals surface area contributed by atoms with E-state index in [4.69, 9.17) is 17.3 Å². The second kappa shape index (κ2) is 8.91. The molecule has 0 saturated heterocycles. The Morgan fingerprint density at radius 1 is 0.900 bits per heavy atom. The van der Waals surface area contributed by atoms with Crippen LogP contribution in [0.1, 0.15) is 22.5 Å². The van der Waals surface area contributed by atoms with Gasteiger partial charge in [0.1, 0.15) is 23.1 Å². The van der Waals surface area contributed by atoms with Gasteiger partial charge in [0, 0.05) is 5.02 Å². The molecule has 0 bridgehead atoms. The van der Waals surface area contributed by atoms with Gasteiger partial charge in [-0.1, -0.05) is 48.0 Å². The molecule has 3 aromatic carbocycles. The number of nitrogens with two attached hydrogens (primary N) is 1. The monoisotopic (exact) mass is 450 g/mol. The summed E-state index contributed by atoms with van der Waals surface area (Å²) in [5.41, 5.74) is 5.08. The smallest absolute Gasteiger partial charge is 0.239 e. The van der Waals surface area contributed by atoms with E-state index in [1.165, 1.54) is 24.3 Å². The maximum Gasteiger partial charge on any atom is 0.239 e. The predicted octanol–water partition coefficient (Wildman–Crippen LogP) is 3.91. The van der Waals surface area contributed by atoms with Crippen molar-refractivity contribution < 1.29 is 22.0 Å². The Labute approximate surface area is 177 Å². The molecule has 3 rings (SSSR count). The van der Waals surface area contributed by atoms with Crippen LogP contribution in [-0.4, -0.2) is 14.3 Å². The van der Waals surface area contributed by atoms with Crippen molar-refractivity contribution in [2.45, 2.75) is 16.3 Å². The summed E-state index contributed by atoms with van der Waals surface area (Å²) in [6.45, 7) is 0. The summed E-state index contributed by atoms with van der Waals surface area (Å²) >= 11 is 5.82.